The van der Waals surface area contributed by atoms with Crippen LogP contribution < -0.4 is 11.1 Å². The molecule has 26 heavy (non-hydrogen) atoms. The summed E-state index contributed by atoms with van der Waals surface area (Å²) in [5.41, 5.74) is 9.68. The van der Waals surface area contributed by atoms with E-state index in [1.807, 2.05) is 49.1 Å². The number of benzene rings is 2. The Bertz CT molecular complexity index is 824. The molecule has 5 heteroatoms. The van der Waals surface area contributed by atoms with Gasteiger partial charge in [0.05, 0.1) is 0 Å². The lowest BCUT2D eigenvalue weighted by Crippen LogP contribution is -2.46. The number of amides is 2. The number of nitrogens with one attached hydrogen (secondary N) is 1. The van der Waals surface area contributed by atoms with E-state index in [4.69, 9.17) is 5.73 Å². The molecule has 0 aromatic heterocycles. The van der Waals surface area contributed by atoms with Crippen LogP contribution in [0.25, 0.3) is 0 Å². The fourth-order valence-electron chi connectivity index (χ4n) is 3.36. The number of carbonyl (C=O) groups is 2. The van der Waals surface area contributed by atoms with Crippen molar-refractivity contribution in [1.29, 1.82) is 0 Å². The molecular weight excluding hydrogens is 326 g/mol. The molecular formula is C21H25N3O2. The van der Waals surface area contributed by atoms with Gasteiger partial charge in [0.15, 0.2) is 0 Å². The number of nitrogen functional groups attached to an aromatic ring is 1. The van der Waals surface area contributed by atoms with E-state index >= 15 is 0 Å². The first kappa shape index (κ1) is 18.0. The molecule has 0 saturated carbocycles. The molecule has 2 aromatic rings. The molecule has 1 heterocycles. The molecule has 1 saturated heterocycles. The number of aryl methyl sites for hydroxylation is 2. The first-order valence-corrected chi connectivity index (χ1v) is 8.97. The lowest BCUT2D eigenvalue weighted by molar-refractivity contribution is 0.0697. The molecule has 5 nitrogen and oxygen atoms in total. The molecule has 0 spiro atoms. The second-order valence-corrected chi connectivity index (χ2v) is 6.93. The van der Waals surface area contributed by atoms with Gasteiger partial charge in [-0.05, 0) is 56.0 Å². The molecule has 1 aliphatic heterocycles. The quantitative estimate of drug-likeness (QED) is 0.835. The van der Waals surface area contributed by atoms with Crippen molar-refractivity contribution in [2.24, 2.45) is 0 Å². The maximum Gasteiger partial charge on any atom is 0.254 e. The van der Waals surface area contributed by atoms with Crippen LogP contribution in [-0.2, 0) is 0 Å². The Kier molecular flexibility index (Phi) is 5.26. The third kappa shape index (κ3) is 3.87. The Labute approximate surface area is 154 Å². The zero-order valence-electron chi connectivity index (χ0n) is 15.3. The molecule has 3 rings (SSSR count). The standard InChI is InChI=1S/C21H25N3O2/c1-14-5-3-4-6-18(14)20(25)23-17-9-11-24(12-10-17)21(26)19-13-16(22)8-7-15(19)2/h3-8,13,17H,9-12,22H2,1-2H3,(H,23,25). The largest absolute Gasteiger partial charge is 0.399 e. The fourth-order valence-corrected chi connectivity index (χ4v) is 3.36. The van der Waals surface area contributed by atoms with Crippen molar-refractivity contribution >= 4 is 17.5 Å². The number of nitrogens with two attached hydrogens (primary N) is 1. The van der Waals surface area contributed by atoms with Gasteiger partial charge in [0, 0.05) is 35.9 Å². The van der Waals surface area contributed by atoms with Gasteiger partial charge < -0.3 is 16.0 Å². The van der Waals surface area contributed by atoms with E-state index in [9.17, 15) is 9.59 Å². The van der Waals surface area contributed by atoms with Gasteiger partial charge in [0.1, 0.15) is 0 Å². The molecule has 1 aliphatic rings. The average molecular weight is 351 g/mol. The highest BCUT2D eigenvalue weighted by atomic mass is 16.2. The second-order valence-electron chi connectivity index (χ2n) is 6.93. The van der Waals surface area contributed by atoms with Gasteiger partial charge in [-0.25, -0.2) is 0 Å². The van der Waals surface area contributed by atoms with Gasteiger partial charge in [0.2, 0.25) is 0 Å². The first-order valence-electron chi connectivity index (χ1n) is 8.97. The summed E-state index contributed by atoms with van der Waals surface area (Å²) in [6.07, 6.45) is 1.51. The first-order chi connectivity index (χ1) is 12.5. The summed E-state index contributed by atoms with van der Waals surface area (Å²) in [6.45, 7) is 5.11. The number of carbonyl (C=O) groups excluding carboxylic acids is 2. The summed E-state index contributed by atoms with van der Waals surface area (Å²) in [7, 11) is 0. The smallest absolute Gasteiger partial charge is 0.254 e. The van der Waals surface area contributed by atoms with Gasteiger partial charge in [-0.3, -0.25) is 9.59 Å². The molecule has 0 aliphatic carbocycles. The number of anilines is 1. The molecule has 0 radical (unpaired) electrons. The Hall–Kier alpha value is -2.82. The highest BCUT2D eigenvalue weighted by Crippen LogP contribution is 2.19. The van der Waals surface area contributed by atoms with E-state index in [-0.39, 0.29) is 17.9 Å². The number of rotatable bonds is 3. The molecule has 0 bridgehead atoms. The van der Waals surface area contributed by atoms with Crippen molar-refractivity contribution in [2.75, 3.05) is 18.8 Å². The molecule has 0 atom stereocenters. The number of piperidine rings is 1. The number of hydrogen-bond donors (Lipinski definition) is 2. The third-order valence-corrected chi connectivity index (χ3v) is 5.00. The van der Waals surface area contributed by atoms with Crippen molar-refractivity contribution in [1.82, 2.24) is 10.2 Å². The normalized spacial score (nSPS) is 14.9. The Morgan fingerprint density at radius 2 is 1.65 bits per heavy atom. The van der Waals surface area contributed by atoms with Crippen LogP contribution >= 0.6 is 0 Å². The summed E-state index contributed by atoms with van der Waals surface area (Å²) < 4.78 is 0. The molecule has 2 aromatic carbocycles. The van der Waals surface area contributed by atoms with Crippen LogP contribution in [0, 0.1) is 13.8 Å². The van der Waals surface area contributed by atoms with Gasteiger partial charge >= 0.3 is 0 Å². The highest BCUT2D eigenvalue weighted by molar-refractivity contribution is 5.97. The van der Waals surface area contributed by atoms with Crippen molar-refractivity contribution in [3.8, 4) is 0 Å². The van der Waals surface area contributed by atoms with Crippen molar-refractivity contribution in [3.63, 3.8) is 0 Å². The Morgan fingerprint density at radius 1 is 1.00 bits per heavy atom. The van der Waals surface area contributed by atoms with Crippen LogP contribution in [0.5, 0.6) is 0 Å². The summed E-state index contributed by atoms with van der Waals surface area (Å²) >= 11 is 0. The molecule has 1 fully saturated rings. The van der Waals surface area contributed by atoms with Gasteiger partial charge in [0.25, 0.3) is 11.8 Å². The lowest BCUT2D eigenvalue weighted by atomic mass is 10.0. The number of likely N-dealkylation sites (tertiary alicyclic amines) is 1. The van der Waals surface area contributed by atoms with Crippen LogP contribution in [0.4, 0.5) is 5.69 Å². The van der Waals surface area contributed by atoms with E-state index < -0.39 is 0 Å². The van der Waals surface area contributed by atoms with Crippen molar-refractivity contribution < 1.29 is 9.59 Å². The van der Waals surface area contributed by atoms with Crippen molar-refractivity contribution in [2.45, 2.75) is 32.7 Å². The van der Waals surface area contributed by atoms with Gasteiger partial charge in [-0.1, -0.05) is 24.3 Å². The number of nitrogens with zero attached hydrogens (tertiary/aromatic N) is 1. The average Bonchev–Trinajstić information content (AvgIpc) is 2.64. The lowest BCUT2D eigenvalue weighted by Gasteiger charge is -2.33. The topological polar surface area (TPSA) is 75.4 Å². The summed E-state index contributed by atoms with van der Waals surface area (Å²) in [5.74, 6) is -0.0296. The minimum Gasteiger partial charge on any atom is -0.399 e. The monoisotopic (exact) mass is 351 g/mol. The minimum absolute atomic E-state index is 0.0125. The zero-order valence-corrected chi connectivity index (χ0v) is 15.3. The molecule has 3 N–H and O–H groups in total. The maximum absolute atomic E-state index is 12.8. The van der Waals surface area contributed by atoms with E-state index in [0.717, 1.165) is 24.0 Å². The zero-order chi connectivity index (χ0) is 18.7. The molecule has 0 unspecified atom stereocenters. The SMILES string of the molecule is Cc1ccccc1C(=O)NC1CCN(C(=O)c2cc(N)ccc2C)CC1. The molecule has 2 amide bonds. The van der Waals surface area contributed by atoms with Crippen LogP contribution in [0.3, 0.4) is 0 Å². The van der Waals surface area contributed by atoms with Crippen LogP contribution in [0.1, 0.15) is 44.7 Å². The van der Waals surface area contributed by atoms with Gasteiger partial charge in [-0.15, -0.1) is 0 Å². The summed E-state index contributed by atoms with van der Waals surface area (Å²) in [4.78, 5) is 27.0. The minimum atomic E-state index is -0.0421. The third-order valence-electron chi connectivity index (χ3n) is 5.00. The Morgan fingerprint density at radius 3 is 2.35 bits per heavy atom. The summed E-state index contributed by atoms with van der Waals surface area (Å²) in [6, 6.07) is 13.1. The predicted molar refractivity (Wildman–Crippen MR) is 103 cm³/mol. The van der Waals surface area contributed by atoms with E-state index in [2.05, 4.69) is 5.32 Å². The maximum atomic E-state index is 12.8. The van der Waals surface area contributed by atoms with Crippen LogP contribution in [0.2, 0.25) is 0 Å². The Balaban J connectivity index is 1.59. The van der Waals surface area contributed by atoms with Crippen LogP contribution in [-0.4, -0.2) is 35.8 Å². The van der Waals surface area contributed by atoms with E-state index in [1.54, 1.807) is 12.1 Å². The highest BCUT2D eigenvalue weighted by Gasteiger charge is 2.26. The summed E-state index contributed by atoms with van der Waals surface area (Å²) in [5, 5.41) is 3.10. The van der Waals surface area contributed by atoms with Crippen LogP contribution in [0.15, 0.2) is 42.5 Å². The second kappa shape index (κ2) is 7.60. The van der Waals surface area contributed by atoms with Gasteiger partial charge in [-0.2, -0.15) is 0 Å². The fraction of sp³-hybridized carbons (Fsp3) is 0.333. The van der Waals surface area contributed by atoms with E-state index in [1.165, 1.54) is 0 Å². The molecule has 136 valence electrons. The predicted octanol–water partition coefficient (Wildman–Crippen LogP) is 2.92. The number of hydrogen-bond acceptors (Lipinski definition) is 3. The van der Waals surface area contributed by atoms with Crippen molar-refractivity contribution in [3.05, 3.63) is 64.7 Å². The van der Waals surface area contributed by atoms with E-state index in [0.29, 0.717) is 29.9 Å².